The SMILES string of the molecule is Cc1ccc2c(C)cc(=O)n(CCC3(C#N)CCC4(CC3)OCCO4)c2c1. The van der Waals surface area contributed by atoms with Crippen molar-refractivity contribution >= 4 is 10.9 Å². The summed E-state index contributed by atoms with van der Waals surface area (Å²) in [7, 11) is 0. The summed E-state index contributed by atoms with van der Waals surface area (Å²) in [6.45, 7) is 5.85. The second-order valence-electron chi connectivity index (χ2n) is 8.09. The average molecular weight is 366 g/mol. The Morgan fingerprint density at radius 1 is 1.11 bits per heavy atom. The van der Waals surface area contributed by atoms with Crippen LogP contribution in [0.15, 0.2) is 29.1 Å². The summed E-state index contributed by atoms with van der Waals surface area (Å²) < 4.78 is 13.4. The van der Waals surface area contributed by atoms with Crippen LogP contribution in [-0.2, 0) is 16.0 Å². The minimum Gasteiger partial charge on any atom is -0.348 e. The van der Waals surface area contributed by atoms with Gasteiger partial charge in [0.1, 0.15) is 0 Å². The second kappa shape index (κ2) is 6.78. The molecule has 5 heteroatoms. The van der Waals surface area contributed by atoms with Crippen molar-refractivity contribution < 1.29 is 9.47 Å². The zero-order chi connectivity index (χ0) is 19.1. The Kier molecular flexibility index (Phi) is 4.57. The summed E-state index contributed by atoms with van der Waals surface area (Å²) in [6.07, 6.45) is 3.68. The van der Waals surface area contributed by atoms with E-state index in [-0.39, 0.29) is 5.56 Å². The van der Waals surface area contributed by atoms with Gasteiger partial charge < -0.3 is 14.0 Å². The standard InChI is InChI=1S/C22H26N2O3/c1-16-3-4-18-17(2)14-20(25)24(19(18)13-16)10-9-21(15-23)5-7-22(8-6-21)26-11-12-27-22/h3-4,13-14H,5-12H2,1-2H3. The van der Waals surface area contributed by atoms with Crippen LogP contribution < -0.4 is 5.56 Å². The Bertz CT molecular complexity index is 954. The quantitative estimate of drug-likeness (QED) is 0.828. The third kappa shape index (κ3) is 3.28. The van der Waals surface area contributed by atoms with Crippen LogP contribution in [-0.4, -0.2) is 23.6 Å². The number of benzene rings is 1. The fourth-order valence-corrected chi connectivity index (χ4v) is 4.53. The van der Waals surface area contributed by atoms with Gasteiger partial charge in [-0.3, -0.25) is 4.79 Å². The molecule has 0 radical (unpaired) electrons. The Hall–Kier alpha value is -2.16. The average Bonchev–Trinajstić information content (AvgIpc) is 3.11. The summed E-state index contributed by atoms with van der Waals surface area (Å²) >= 11 is 0. The van der Waals surface area contributed by atoms with Gasteiger partial charge in [-0.2, -0.15) is 5.26 Å². The van der Waals surface area contributed by atoms with Crippen LogP contribution in [0, 0.1) is 30.6 Å². The Morgan fingerprint density at radius 2 is 1.81 bits per heavy atom. The van der Waals surface area contributed by atoms with Crippen molar-refractivity contribution in [2.75, 3.05) is 13.2 Å². The molecule has 0 atom stereocenters. The number of fused-ring (bicyclic) bond motifs is 1. The molecule has 4 rings (SSSR count). The lowest BCUT2D eigenvalue weighted by molar-refractivity contribution is -0.187. The van der Waals surface area contributed by atoms with Crippen molar-refractivity contribution in [1.82, 2.24) is 4.57 Å². The van der Waals surface area contributed by atoms with E-state index in [1.165, 1.54) is 0 Å². The first-order valence-electron chi connectivity index (χ1n) is 9.76. The Morgan fingerprint density at radius 3 is 2.48 bits per heavy atom. The van der Waals surface area contributed by atoms with E-state index >= 15 is 0 Å². The van der Waals surface area contributed by atoms with Crippen LogP contribution in [0.1, 0.15) is 43.2 Å². The molecule has 142 valence electrons. The van der Waals surface area contributed by atoms with Gasteiger partial charge >= 0.3 is 0 Å². The van der Waals surface area contributed by atoms with Crippen molar-refractivity contribution in [2.24, 2.45) is 5.41 Å². The maximum absolute atomic E-state index is 12.7. The van der Waals surface area contributed by atoms with Gasteiger partial charge in [0.25, 0.3) is 5.56 Å². The van der Waals surface area contributed by atoms with E-state index in [0.29, 0.717) is 26.2 Å². The fourth-order valence-electron chi connectivity index (χ4n) is 4.53. The number of rotatable bonds is 3. The van der Waals surface area contributed by atoms with Crippen LogP contribution in [0.3, 0.4) is 0 Å². The van der Waals surface area contributed by atoms with E-state index in [2.05, 4.69) is 24.3 Å². The monoisotopic (exact) mass is 366 g/mol. The van der Waals surface area contributed by atoms with Crippen molar-refractivity contribution in [3.63, 3.8) is 0 Å². The predicted octanol–water partition coefficient (Wildman–Crippen LogP) is 3.84. The molecule has 1 aliphatic carbocycles. The van der Waals surface area contributed by atoms with Crippen molar-refractivity contribution in [1.29, 1.82) is 5.26 Å². The zero-order valence-corrected chi connectivity index (χ0v) is 16.1. The van der Waals surface area contributed by atoms with Crippen molar-refractivity contribution in [3.05, 3.63) is 45.7 Å². The minimum absolute atomic E-state index is 0.00780. The lowest BCUT2D eigenvalue weighted by Gasteiger charge is -2.40. The molecular weight excluding hydrogens is 340 g/mol. The smallest absolute Gasteiger partial charge is 0.251 e. The third-order valence-corrected chi connectivity index (χ3v) is 6.31. The van der Waals surface area contributed by atoms with E-state index in [4.69, 9.17) is 9.47 Å². The molecule has 1 aliphatic heterocycles. The van der Waals surface area contributed by atoms with E-state index in [1.54, 1.807) is 6.07 Å². The minimum atomic E-state index is -0.467. The molecule has 0 unspecified atom stereocenters. The molecule has 1 aromatic heterocycles. The molecule has 1 spiro atoms. The summed E-state index contributed by atoms with van der Waals surface area (Å²) in [6, 6.07) is 10.5. The third-order valence-electron chi connectivity index (χ3n) is 6.31. The van der Waals surface area contributed by atoms with Crippen molar-refractivity contribution in [3.8, 4) is 6.07 Å². The van der Waals surface area contributed by atoms with Crippen LogP contribution in [0.25, 0.3) is 10.9 Å². The normalized spacial score (nSPS) is 20.8. The molecule has 2 heterocycles. The number of aromatic nitrogens is 1. The number of nitriles is 1. The molecule has 0 N–H and O–H groups in total. The zero-order valence-electron chi connectivity index (χ0n) is 16.1. The molecule has 5 nitrogen and oxygen atoms in total. The molecular formula is C22H26N2O3. The first-order valence-corrected chi connectivity index (χ1v) is 9.76. The summed E-state index contributed by atoms with van der Waals surface area (Å²) in [4.78, 5) is 12.7. The van der Waals surface area contributed by atoms with Gasteiger partial charge in [-0.15, -0.1) is 0 Å². The van der Waals surface area contributed by atoms with Crippen LogP contribution in [0.2, 0.25) is 0 Å². The van der Waals surface area contributed by atoms with Gasteiger partial charge in [-0.25, -0.2) is 0 Å². The number of aryl methyl sites for hydroxylation is 3. The molecule has 1 aromatic carbocycles. The highest BCUT2D eigenvalue weighted by molar-refractivity contribution is 5.83. The highest BCUT2D eigenvalue weighted by atomic mass is 16.7. The number of ether oxygens (including phenoxy) is 2. The van der Waals surface area contributed by atoms with E-state index in [0.717, 1.165) is 47.7 Å². The predicted molar refractivity (Wildman–Crippen MR) is 103 cm³/mol. The molecule has 0 bridgehead atoms. The summed E-state index contributed by atoms with van der Waals surface area (Å²) in [5.74, 6) is -0.467. The second-order valence-corrected chi connectivity index (χ2v) is 8.09. The number of hydrogen-bond acceptors (Lipinski definition) is 4. The van der Waals surface area contributed by atoms with E-state index in [1.807, 2.05) is 18.4 Å². The van der Waals surface area contributed by atoms with E-state index in [9.17, 15) is 10.1 Å². The van der Waals surface area contributed by atoms with Crippen LogP contribution >= 0.6 is 0 Å². The molecule has 0 amide bonds. The first kappa shape index (κ1) is 18.2. The van der Waals surface area contributed by atoms with Gasteiger partial charge in [-0.05, 0) is 50.3 Å². The summed E-state index contributed by atoms with van der Waals surface area (Å²) in [5, 5.41) is 11.0. The maximum atomic E-state index is 12.7. The van der Waals surface area contributed by atoms with Crippen LogP contribution in [0.4, 0.5) is 0 Å². The molecule has 2 aromatic rings. The number of pyridine rings is 1. The maximum Gasteiger partial charge on any atom is 0.251 e. The van der Waals surface area contributed by atoms with Crippen molar-refractivity contribution in [2.45, 2.75) is 58.3 Å². The highest BCUT2D eigenvalue weighted by Crippen LogP contribution is 2.46. The van der Waals surface area contributed by atoms with Gasteiger partial charge in [-0.1, -0.05) is 12.1 Å². The molecule has 1 saturated carbocycles. The molecule has 27 heavy (non-hydrogen) atoms. The van der Waals surface area contributed by atoms with Gasteiger partial charge in [0, 0.05) is 30.8 Å². The Labute approximate surface area is 159 Å². The summed E-state index contributed by atoms with van der Waals surface area (Å²) in [5.41, 5.74) is 2.68. The highest BCUT2D eigenvalue weighted by Gasteiger charge is 2.46. The van der Waals surface area contributed by atoms with Gasteiger partial charge in [0.15, 0.2) is 5.79 Å². The molecule has 2 fully saturated rings. The fraction of sp³-hybridized carbons (Fsp3) is 0.545. The molecule has 1 saturated heterocycles. The largest absolute Gasteiger partial charge is 0.348 e. The topological polar surface area (TPSA) is 64.2 Å². The Balaban J connectivity index is 1.59. The first-order chi connectivity index (χ1) is 13.0. The lowest BCUT2D eigenvalue weighted by atomic mass is 9.71. The number of hydrogen-bond donors (Lipinski definition) is 0. The lowest BCUT2D eigenvalue weighted by Crippen LogP contribution is -2.40. The molecule has 2 aliphatic rings. The van der Waals surface area contributed by atoms with E-state index < -0.39 is 11.2 Å². The van der Waals surface area contributed by atoms with Gasteiger partial charge in [0.05, 0.1) is 30.2 Å². The number of nitrogens with zero attached hydrogens (tertiary/aromatic N) is 2. The van der Waals surface area contributed by atoms with Gasteiger partial charge in [0.2, 0.25) is 0 Å². The van der Waals surface area contributed by atoms with Crippen LogP contribution in [0.5, 0.6) is 0 Å².